The van der Waals surface area contributed by atoms with Gasteiger partial charge in [0.25, 0.3) is 11.1 Å². The smallest absolute Gasteiger partial charge is 0.335 e. The van der Waals surface area contributed by atoms with Gasteiger partial charge >= 0.3 is 5.97 Å². The van der Waals surface area contributed by atoms with Crippen molar-refractivity contribution in [2.45, 2.75) is 13.5 Å². The van der Waals surface area contributed by atoms with Crippen LogP contribution in [0.1, 0.15) is 27.2 Å². The number of hydrogen-bond donors (Lipinski definition) is 1. The Labute approximate surface area is 202 Å². The van der Waals surface area contributed by atoms with E-state index < -0.39 is 17.1 Å². The molecule has 0 atom stereocenters. The third-order valence-corrected chi connectivity index (χ3v) is 6.73. The maximum atomic E-state index is 12.9. The zero-order valence-electron chi connectivity index (χ0n) is 17.7. The van der Waals surface area contributed by atoms with E-state index in [1.165, 1.54) is 12.1 Å². The van der Waals surface area contributed by atoms with Crippen molar-refractivity contribution < 1.29 is 33.4 Å². The van der Waals surface area contributed by atoms with Crippen LogP contribution in [0, 0.1) is 6.92 Å². The topological polar surface area (TPSA) is 106 Å². The van der Waals surface area contributed by atoms with E-state index in [9.17, 15) is 19.5 Å². The molecule has 0 unspecified atom stereocenters. The number of amides is 2. The average molecular weight is 498 g/mol. The number of rotatable bonds is 5. The maximum absolute atomic E-state index is 12.9. The third-order valence-electron chi connectivity index (χ3n) is 5.47. The molecule has 2 aromatic carbocycles. The number of furan rings is 1. The predicted molar refractivity (Wildman–Crippen MR) is 125 cm³/mol. The minimum atomic E-state index is -1.03. The Morgan fingerprint density at radius 2 is 1.94 bits per heavy atom. The van der Waals surface area contributed by atoms with Gasteiger partial charge in [0.15, 0.2) is 11.5 Å². The van der Waals surface area contributed by atoms with E-state index >= 15 is 0 Å². The Bertz CT molecular complexity index is 1390. The van der Waals surface area contributed by atoms with Crippen molar-refractivity contribution in [2.24, 2.45) is 0 Å². The fourth-order valence-corrected chi connectivity index (χ4v) is 4.76. The second-order valence-corrected chi connectivity index (χ2v) is 8.95. The number of aromatic carboxylic acids is 1. The first kappa shape index (κ1) is 22.1. The molecule has 1 saturated heterocycles. The maximum Gasteiger partial charge on any atom is 0.335 e. The van der Waals surface area contributed by atoms with Gasteiger partial charge in [0, 0.05) is 22.7 Å². The molecule has 34 heavy (non-hydrogen) atoms. The summed E-state index contributed by atoms with van der Waals surface area (Å²) in [6.07, 6.45) is 1.49. The molecule has 1 N–H and O–H groups in total. The van der Waals surface area contributed by atoms with Crippen LogP contribution < -0.4 is 9.47 Å². The highest BCUT2D eigenvalue weighted by Crippen LogP contribution is 2.39. The number of hydrogen-bond acceptors (Lipinski definition) is 7. The van der Waals surface area contributed by atoms with Crippen molar-refractivity contribution in [3.8, 4) is 22.8 Å². The van der Waals surface area contributed by atoms with Crippen LogP contribution in [0.25, 0.3) is 17.4 Å². The molecule has 0 saturated carbocycles. The molecule has 2 aliphatic heterocycles. The summed E-state index contributed by atoms with van der Waals surface area (Å²) in [7, 11) is 0. The number of imide groups is 1. The molecule has 5 rings (SSSR count). The van der Waals surface area contributed by atoms with Crippen LogP contribution >= 0.6 is 23.4 Å². The van der Waals surface area contributed by atoms with Crippen molar-refractivity contribution in [3.63, 3.8) is 0 Å². The van der Waals surface area contributed by atoms with Crippen molar-refractivity contribution in [1.29, 1.82) is 0 Å². The second kappa shape index (κ2) is 8.58. The predicted octanol–water partition coefficient (Wildman–Crippen LogP) is 5.57. The normalized spacial score (nSPS) is 16.1. The Morgan fingerprint density at radius 3 is 2.71 bits per heavy atom. The molecule has 1 fully saturated rings. The summed E-state index contributed by atoms with van der Waals surface area (Å²) >= 11 is 7.10. The van der Waals surface area contributed by atoms with E-state index in [0.29, 0.717) is 44.7 Å². The number of thioether (sulfide) groups is 1. The van der Waals surface area contributed by atoms with Crippen LogP contribution in [0.3, 0.4) is 0 Å². The molecule has 2 amide bonds. The molecule has 8 nitrogen and oxygen atoms in total. The van der Waals surface area contributed by atoms with E-state index in [2.05, 4.69) is 0 Å². The highest BCUT2D eigenvalue weighted by Gasteiger charge is 2.36. The van der Waals surface area contributed by atoms with Crippen molar-refractivity contribution in [3.05, 3.63) is 74.8 Å². The SMILES string of the molecule is Cc1c(C(=O)O)cccc1-c1ccc(/C=C2\SC(=O)N(Cc3cc4c(cc3Cl)OCO4)C2=O)o1. The molecule has 172 valence electrons. The Balaban J connectivity index is 1.38. The van der Waals surface area contributed by atoms with E-state index in [1.807, 2.05) is 0 Å². The molecule has 0 spiro atoms. The summed E-state index contributed by atoms with van der Waals surface area (Å²) in [5, 5.41) is 9.28. The first-order chi connectivity index (χ1) is 16.3. The number of ether oxygens (including phenoxy) is 2. The van der Waals surface area contributed by atoms with Gasteiger partial charge in [-0.15, -0.1) is 0 Å². The molecule has 0 radical (unpaired) electrons. The first-order valence-electron chi connectivity index (χ1n) is 10.1. The number of halogens is 1. The molecular formula is C24H16ClNO7S. The lowest BCUT2D eigenvalue weighted by molar-refractivity contribution is -0.123. The molecule has 10 heteroatoms. The van der Waals surface area contributed by atoms with Gasteiger partial charge in [0.05, 0.1) is 17.0 Å². The zero-order chi connectivity index (χ0) is 24.0. The largest absolute Gasteiger partial charge is 0.478 e. The molecule has 1 aromatic heterocycles. The number of carboxylic acid groups (broad SMARTS) is 1. The van der Waals surface area contributed by atoms with E-state index in [-0.39, 0.29) is 23.8 Å². The van der Waals surface area contributed by atoms with Crippen molar-refractivity contribution in [1.82, 2.24) is 4.90 Å². The highest BCUT2D eigenvalue weighted by atomic mass is 35.5. The lowest BCUT2D eigenvalue weighted by Gasteiger charge is -2.14. The molecule has 0 aliphatic carbocycles. The van der Waals surface area contributed by atoms with Gasteiger partial charge in [-0.1, -0.05) is 23.7 Å². The van der Waals surface area contributed by atoms with Gasteiger partial charge in [0.2, 0.25) is 6.79 Å². The lowest BCUT2D eigenvalue weighted by Crippen LogP contribution is -2.27. The van der Waals surface area contributed by atoms with Crippen LogP contribution in [0.15, 0.2) is 51.8 Å². The van der Waals surface area contributed by atoms with Crippen LogP contribution in [0.5, 0.6) is 11.5 Å². The first-order valence-corrected chi connectivity index (χ1v) is 11.3. The van der Waals surface area contributed by atoms with Gasteiger partial charge in [-0.05, 0) is 54.1 Å². The van der Waals surface area contributed by atoms with Crippen molar-refractivity contribution >= 4 is 46.6 Å². The van der Waals surface area contributed by atoms with Gasteiger partial charge in [-0.3, -0.25) is 14.5 Å². The van der Waals surface area contributed by atoms with Crippen LogP contribution in [0.4, 0.5) is 4.79 Å². The lowest BCUT2D eigenvalue weighted by atomic mass is 10.0. The Hall–Kier alpha value is -3.69. The number of carboxylic acids is 1. The van der Waals surface area contributed by atoms with Gasteiger partial charge < -0.3 is 19.0 Å². The van der Waals surface area contributed by atoms with E-state index in [0.717, 1.165) is 16.7 Å². The number of carbonyl (C=O) groups is 3. The van der Waals surface area contributed by atoms with Crippen molar-refractivity contribution in [2.75, 3.05) is 6.79 Å². The molecular weight excluding hydrogens is 482 g/mol. The monoisotopic (exact) mass is 497 g/mol. The Morgan fingerprint density at radius 1 is 1.18 bits per heavy atom. The molecule has 2 aliphatic rings. The fraction of sp³-hybridized carbons (Fsp3) is 0.125. The van der Waals surface area contributed by atoms with Crippen LogP contribution in [0.2, 0.25) is 5.02 Å². The van der Waals surface area contributed by atoms with E-state index in [4.69, 9.17) is 25.5 Å². The summed E-state index contributed by atoms with van der Waals surface area (Å²) in [5.74, 6) is 0.348. The third kappa shape index (κ3) is 3.93. The summed E-state index contributed by atoms with van der Waals surface area (Å²) in [6.45, 7) is 1.78. The molecule has 3 aromatic rings. The summed E-state index contributed by atoms with van der Waals surface area (Å²) in [6, 6.07) is 11.5. The number of benzene rings is 2. The fourth-order valence-electron chi connectivity index (χ4n) is 3.73. The number of carbonyl (C=O) groups excluding carboxylic acids is 2. The van der Waals surface area contributed by atoms with Gasteiger partial charge in [-0.25, -0.2) is 4.79 Å². The average Bonchev–Trinajstić information content (AvgIpc) is 3.50. The Kier molecular flexibility index (Phi) is 5.59. The highest BCUT2D eigenvalue weighted by molar-refractivity contribution is 8.18. The minimum absolute atomic E-state index is 0.0118. The number of fused-ring (bicyclic) bond motifs is 1. The quantitative estimate of drug-likeness (QED) is 0.456. The van der Waals surface area contributed by atoms with Crippen LogP contribution in [-0.2, 0) is 11.3 Å². The standard InChI is InChI=1S/C24H16ClNO7S/c1-12-15(3-2-4-16(12)23(28)29)18-6-5-14(33-18)8-21-22(27)26(24(30)34-21)10-13-7-19-20(9-17(13)25)32-11-31-19/h2-9H,10-11H2,1H3,(H,28,29)/b21-8-. The van der Waals surface area contributed by atoms with Crippen LogP contribution in [-0.4, -0.2) is 33.9 Å². The zero-order valence-corrected chi connectivity index (χ0v) is 19.2. The number of nitrogens with zero attached hydrogens (tertiary/aromatic N) is 1. The van der Waals surface area contributed by atoms with Gasteiger partial charge in [0.1, 0.15) is 11.5 Å². The summed E-state index contributed by atoms with van der Waals surface area (Å²) in [4.78, 5) is 38.2. The minimum Gasteiger partial charge on any atom is -0.478 e. The van der Waals surface area contributed by atoms with Gasteiger partial charge in [-0.2, -0.15) is 0 Å². The summed E-state index contributed by atoms with van der Waals surface area (Å²) < 4.78 is 16.5. The van der Waals surface area contributed by atoms with E-state index in [1.54, 1.807) is 43.3 Å². The second-order valence-electron chi connectivity index (χ2n) is 7.55. The molecule has 3 heterocycles. The summed E-state index contributed by atoms with van der Waals surface area (Å²) in [5.41, 5.74) is 1.93. The molecule has 0 bridgehead atoms.